The minimum atomic E-state index is 0.343. The van der Waals surface area contributed by atoms with Crippen LogP contribution in [0.3, 0.4) is 0 Å². The minimum Gasteiger partial charge on any atom is -0.440 e. The van der Waals surface area contributed by atoms with Gasteiger partial charge in [0, 0.05) is 12.7 Å². The molecule has 0 aromatic carbocycles. The van der Waals surface area contributed by atoms with Gasteiger partial charge in [0.05, 0.1) is 6.20 Å². The zero-order valence-corrected chi connectivity index (χ0v) is 10.7. The van der Waals surface area contributed by atoms with Gasteiger partial charge < -0.3 is 9.15 Å². The van der Waals surface area contributed by atoms with Crippen molar-refractivity contribution in [3.63, 3.8) is 0 Å². The van der Waals surface area contributed by atoms with Crippen LogP contribution in [-0.2, 0) is 11.3 Å². The molecule has 2 heterocycles. The Labute approximate surface area is 108 Å². The first-order valence-electron chi connectivity index (χ1n) is 4.96. The third kappa shape index (κ3) is 3.69. The van der Waals surface area contributed by atoms with Crippen molar-refractivity contribution in [1.29, 1.82) is 0 Å². The van der Waals surface area contributed by atoms with Gasteiger partial charge in [-0.25, -0.2) is 15.0 Å². The maximum absolute atomic E-state index is 5.90. The van der Waals surface area contributed by atoms with E-state index in [1.807, 2.05) is 6.92 Å². The highest BCUT2D eigenvalue weighted by Gasteiger charge is 2.07. The van der Waals surface area contributed by atoms with E-state index in [-0.39, 0.29) is 0 Å². The van der Waals surface area contributed by atoms with Crippen LogP contribution in [0.2, 0.25) is 5.15 Å². The smallest absolute Gasteiger partial charge is 0.261 e. The van der Waals surface area contributed by atoms with Crippen molar-refractivity contribution in [2.45, 2.75) is 23.8 Å². The summed E-state index contributed by atoms with van der Waals surface area (Å²) in [6, 6.07) is 1.66. The molecule has 0 unspecified atom stereocenters. The summed E-state index contributed by atoms with van der Waals surface area (Å²) in [5.41, 5.74) is 0. The first-order valence-corrected chi connectivity index (χ1v) is 6.16. The normalized spacial score (nSPS) is 10.7. The van der Waals surface area contributed by atoms with E-state index < -0.39 is 0 Å². The average Bonchev–Trinajstić information content (AvgIpc) is 2.78. The van der Waals surface area contributed by atoms with Crippen LogP contribution in [0.15, 0.2) is 33.2 Å². The van der Waals surface area contributed by atoms with Crippen LogP contribution >= 0.6 is 23.4 Å². The van der Waals surface area contributed by atoms with E-state index >= 15 is 0 Å². The lowest BCUT2D eigenvalue weighted by atomic mass is 10.6. The second-order valence-electron chi connectivity index (χ2n) is 2.98. The van der Waals surface area contributed by atoms with Crippen LogP contribution in [0, 0.1) is 0 Å². The molecule has 0 spiro atoms. The first kappa shape index (κ1) is 12.3. The Morgan fingerprint density at radius 1 is 1.47 bits per heavy atom. The summed E-state index contributed by atoms with van der Waals surface area (Å²) in [4.78, 5) is 12.3. The molecule has 5 nitrogen and oxygen atoms in total. The zero-order chi connectivity index (χ0) is 12.1. The molecule has 0 saturated carbocycles. The molecule has 0 aliphatic carbocycles. The molecule has 0 N–H and O–H groups in total. The van der Waals surface area contributed by atoms with Crippen LogP contribution in [0.1, 0.15) is 12.7 Å². The Morgan fingerprint density at radius 2 is 2.35 bits per heavy atom. The zero-order valence-electron chi connectivity index (χ0n) is 9.09. The van der Waals surface area contributed by atoms with E-state index in [4.69, 9.17) is 20.8 Å². The lowest BCUT2D eigenvalue weighted by molar-refractivity contribution is 0.128. The van der Waals surface area contributed by atoms with Crippen molar-refractivity contribution in [2.24, 2.45) is 0 Å². The first-order chi connectivity index (χ1) is 8.28. The number of ether oxygens (including phenoxy) is 1. The molecule has 0 radical (unpaired) electrons. The number of oxazole rings is 1. The molecule has 0 fully saturated rings. The van der Waals surface area contributed by atoms with Crippen LogP contribution in [-0.4, -0.2) is 21.6 Å². The van der Waals surface area contributed by atoms with Crippen LogP contribution in [0.4, 0.5) is 0 Å². The second kappa shape index (κ2) is 6.00. The highest BCUT2D eigenvalue weighted by molar-refractivity contribution is 7.99. The fraction of sp³-hybridized carbons (Fsp3) is 0.300. The molecule has 0 amide bonds. The highest BCUT2D eigenvalue weighted by atomic mass is 35.5. The molecular formula is C10H10ClN3O2S. The number of halogens is 1. The van der Waals surface area contributed by atoms with E-state index in [2.05, 4.69) is 15.0 Å². The molecule has 17 heavy (non-hydrogen) atoms. The molecule has 90 valence electrons. The third-order valence-electron chi connectivity index (χ3n) is 1.75. The topological polar surface area (TPSA) is 61.0 Å². The van der Waals surface area contributed by atoms with Gasteiger partial charge >= 0.3 is 0 Å². The van der Waals surface area contributed by atoms with Crippen molar-refractivity contribution in [2.75, 3.05) is 6.61 Å². The van der Waals surface area contributed by atoms with E-state index in [0.29, 0.717) is 34.4 Å². The quantitative estimate of drug-likeness (QED) is 0.780. The Balaban J connectivity index is 2.13. The predicted molar refractivity (Wildman–Crippen MR) is 63.0 cm³/mol. The van der Waals surface area contributed by atoms with E-state index in [9.17, 15) is 0 Å². The fourth-order valence-electron chi connectivity index (χ4n) is 1.10. The Morgan fingerprint density at radius 3 is 3.06 bits per heavy atom. The lowest BCUT2D eigenvalue weighted by Crippen LogP contribution is -2.00. The van der Waals surface area contributed by atoms with Crippen molar-refractivity contribution >= 4 is 23.4 Å². The Kier molecular flexibility index (Phi) is 4.36. The molecule has 0 saturated heterocycles. The Bertz CT molecular complexity index is 478. The molecular weight excluding hydrogens is 262 g/mol. The number of hydrogen-bond donors (Lipinski definition) is 0. The van der Waals surface area contributed by atoms with E-state index in [0.717, 1.165) is 0 Å². The van der Waals surface area contributed by atoms with Crippen LogP contribution in [0.5, 0.6) is 0 Å². The summed E-state index contributed by atoms with van der Waals surface area (Å²) < 4.78 is 10.3. The SMILES string of the molecule is CCOCc1nc(Cl)cc(Sc2ncco2)n1. The fourth-order valence-corrected chi connectivity index (χ4v) is 2.09. The second-order valence-corrected chi connectivity index (χ2v) is 4.34. The summed E-state index contributed by atoms with van der Waals surface area (Å²) >= 11 is 7.19. The van der Waals surface area contributed by atoms with Gasteiger partial charge in [-0.3, -0.25) is 0 Å². The summed E-state index contributed by atoms with van der Waals surface area (Å²) in [5, 5.41) is 1.58. The minimum absolute atomic E-state index is 0.343. The summed E-state index contributed by atoms with van der Waals surface area (Å²) in [5.74, 6) is 0.549. The summed E-state index contributed by atoms with van der Waals surface area (Å²) in [7, 11) is 0. The monoisotopic (exact) mass is 271 g/mol. The maximum atomic E-state index is 5.90. The molecule has 0 aliphatic rings. The average molecular weight is 272 g/mol. The number of nitrogens with zero attached hydrogens (tertiary/aromatic N) is 3. The van der Waals surface area contributed by atoms with Crippen molar-refractivity contribution in [3.8, 4) is 0 Å². The largest absolute Gasteiger partial charge is 0.440 e. The van der Waals surface area contributed by atoms with Gasteiger partial charge in [0.15, 0.2) is 5.82 Å². The molecule has 7 heteroatoms. The van der Waals surface area contributed by atoms with E-state index in [1.54, 1.807) is 12.3 Å². The maximum Gasteiger partial charge on any atom is 0.261 e. The van der Waals surface area contributed by atoms with Crippen molar-refractivity contribution < 1.29 is 9.15 Å². The molecule has 0 atom stereocenters. The Hall–Kier alpha value is -1.11. The molecule has 2 aromatic rings. The van der Waals surface area contributed by atoms with Crippen molar-refractivity contribution in [3.05, 3.63) is 29.5 Å². The standard InChI is InChI=1S/C10H10ClN3O2S/c1-2-15-6-8-13-7(11)5-9(14-8)17-10-12-3-4-16-10/h3-5H,2,6H2,1H3. The van der Waals surface area contributed by atoms with Gasteiger partial charge in [-0.2, -0.15) is 0 Å². The predicted octanol–water partition coefficient (Wildman–Crippen LogP) is 2.81. The summed E-state index contributed by atoms with van der Waals surface area (Å²) in [6.07, 6.45) is 3.08. The van der Waals surface area contributed by atoms with Gasteiger partial charge in [0.2, 0.25) is 0 Å². The van der Waals surface area contributed by atoms with Gasteiger partial charge in [-0.15, -0.1) is 0 Å². The van der Waals surface area contributed by atoms with E-state index in [1.165, 1.54) is 18.0 Å². The van der Waals surface area contributed by atoms with Gasteiger partial charge in [0.25, 0.3) is 5.22 Å². The van der Waals surface area contributed by atoms with Crippen LogP contribution in [0.25, 0.3) is 0 Å². The van der Waals surface area contributed by atoms with Gasteiger partial charge in [-0.1, -0.05) is 11.6 Å². The lowest BCUT2D eigenvalue weighted by Gasteiger charge is -2.03. The molecule has 2 rings (SSSR count). The van der Waals surface area contributed by atoms with Crippen molar-refractivity contribution in [1.82, 2.24) is 15.0 Å². The van der Waals surface area contributed by atoms with Crippen LogP contribution < -0.4 is 0 Å². The molecule has 2 aromatic heterocycles. The number of aromatic nitrogens is 3. The number of rotatable bonds is 5. The molecule has 0 aliphatic heterocycles. The summed E-state index contributed by atoms with van der Waals surface area (Å²) in [6.45, 7) is 2.86. The highest BCUT2D eigenvalue weighted by Crippen LogP contribution is 2.25. The third-order valence-corrected chi connectivity index (χ3v) is 2.74. The van der Waals surface area contributed by atoms with Gasteiger partial charge in [0.1, 0.15) is 23.0 Å². The van der Waals surface area contributed by atoms with Gasteiger partial charge in [-0.05, 0) is 18.7 Å². The number of hydrogen-bond acceptors (Lipinski definition) is 6. The molecule has 0 bridgehead atoms.